The summed E-state index contributed by atoms with van der Waals surface area (Å²) in [5.74, 6) is 0. The fourth-order valence-corrected chi connectivity index (χ4v) is 10.9. The molecule has 22 heavy (non-hydrogen) atoms. The van der Waals surface area contributed by atoms with Gasteiger partial charge in [-0.3, -0.25) is 0 Å². The van der Waals surface area contributed by atoms with Crippen LogP contribution in [-0.4, -0.2) is 20.3 Å². The van der Waals surface area contributed by atoms with Crippen molar-refractivity contribution >= 4 is 18.4 Å². The molecule has 2 heteroatoms. The van der Waals surface area contributed by atoms with Crippen LogP contribution in [0.1, 0.15) is 33.6 Å². The summed E-state index contributed by atoms with van der Waals surface area (Å²) in [6, 6.07) is 22.6. The minimum absolute atomic E-state index is 0.262. The molecular weight excluding hydrogens is 282 g/mol. The molecule has 0 bridgehead atoms. The van der Waals surface area contributed by atoms with E-state index in [1.807, 2.05) is 0 Å². The number of rotatable bonds is 3. The van der Waals surface area contributed by atoms with Crippen molar-refractivity contribution in [1.82, 2.24) is 5.32 Å². The van der Waals surface area contributed by atoms with Crippen LogP contribution in [0, 0.1) is 0 Å². The summed E-state index contributed by atoms with van der Waals surface area (Å²) in [6.45, 7) is 8.49. The van der Waals surface area contributed by atoms with Gasteiger partial charge in [0.2, 0.25) is 0 Å². The molecule has 1 aliphatic heterocycles. The third kappa shape index (κ3) is 2.44. The van der Waals surface area contributed by atoms with Crippen LogP contribution in [0.3, 0.4) is 0 Å². The maximum Gasteiger partial charge on any atom is 0.139 e. The average Bonchev–Trinajstić information content (AvgIpc) is 3.03. The highest BCUT2D eigenvalue weighted by Crippen LogP contribution is 2.40. The first-order valence-corrected chi connectivity index (χ1v) is 10.5. The molecule has 1 saturated heterocycles. The zero-order valence-corrected chi connectivity index (χ0v) is 15.0. The summed E-state index contributed by atoms with van der Waals surface area (Å²) >= 11 is 0. The van der Waals surface area contributed by atoms with Gasteiger partial charge in [0, 0.05) is 5.67 Å². The second kappa shape index (κ2) is 6.02. The van der Waals surface area contributed by atoms with Gasteiger partial charge in [0.05, 0.1) is 0 Å². The molecule has 3 rings (SSSR count). The van der Waals surface area contributed by atoms with Crippen LogP contribution in [0.4, 0.5) is 0 Å². The lowest BCUT2D eigenvalue weighted by Crippen LogP contribution is -2.73. The Morgan fingerprint density at radius 3 is 1.73 bits per heavy atom. The van der Waals surface area contributed by atoms with Crippen LogP contribution in [0.2, 0.25) is 5.04 Å². The summed E-state index contributed by atoms with van der Waals surface area (Å²) < 4.78 is 0. The molecule has 0 amide bonds. The fourth-order valence-electron chi connectivity index (χ4n) is 4.41. The Hall–Kier alpha value is -1.38. The number of benzene rings is 2. The van der Waals surface area contributed by atoms with Gasteiger partial charge in [-0.15, -0.1) is 0 Å². The first-order valence-electron chi connectivity index (χ1n) is 8.41. The fraction of sp³-hybridized carbons (Fsp3) is 0.400. The molecule has 1 fully saturated rings. The van der Waals surface area contributed by atoms with Crippen LogP contribution in [0.5, 0.6) is 0 Å². The normalized spacial score (nSPS) is 19.3. The van der Waals surface area contributed by atoms with Crippen LogP contribution >= 0.6 is 0 Å². The van der Waals surface area contributed by atoms with Gasteiger partial charge in [0.1, 0.15) is 8.07 Å². The molecule has 1 atom stereocenters. The van der Waals surface area contributed by atoms with E-state index >= 15 is 0 Å². The summed E-state index contributed by atoms with van der Waals surface area (Å²) in [5.41, 5.74) is 0.622. The van der Waals surface area contributed by atoms with Gasteiger partial charge in [-0.2, -0.15) is 0 Å². The molecule has 0 radical (unpaired) electrons. The lowest BCUT2D eigenvalue weighted by molar-refractivity contribution is 0.666. The Balaban J connectivity index is 2.28. The van der Waals surface area contributed by atoms with E-state index in [0.717, 1.165) is 6.54 Å². The van der Waals surface area contributed by atoms with E-state index < -0.39 is 8.07 Å². The van der Waals surface area contributed by atoms with Crippen molar-refractivity contribution in [3.63, 3.8) is 0 Å². The number of hydrogen-bond donors (Lipinski definition) is 1. The number of nitrogens with one attached hydrogen (secondary N) is 1. The van der Waals surface area contributed by atoms with Crippen molar-refractivity contribution in [3.05, 3.63) is 60.7 Å². The van der Waals surface area contributed by atoms with Crippen LogP contribution < -0.4 is 15.7 Å². The number of hydrogen-bond acceptors (Lipinski definition) is 1. The molecule has 1 nitrogen and oxygen atoms in total. The van der Waals surface area contributed by atoms with Crippen LogP contribution in [-0.2, 0) is 0 Å². The van der Waals surface area contributed by atoms with E-state index in [1.54, 1.807) is 10.4 Å². The molecule has 1 heterocycles. The molecule has 2 aromatic carbocycles. The molecule has 0 saturated carbocycles. The molecule has 0 aromatic heterocycles. The van der Waals surface area contributed by atoms with E-state index in [-0.39, 0.29) is 5.04 Å². The van der Waals surface area contributed by atoms with Crippen molar-refractivity contribution in [2.45, 2.75) is 44.3 Å². The third-order valence-electron chi connectivity index (χ3n) is 5.22. The van der Waals surface area contributed by atoms with Crippen LogP contribution in [0.15, 0.2) is 60.7 Å². The Kier molecular flexibility index (Phi) is 4.24. The summed E-state index contributed by atoms with van der Waals surface area (Å²) in [5, 5.41) is 7.25. The van der Waals surface area contributed by atoms with Crippen molar-refractivity contribution in [2.24, 2.45) is 0 Å². The smallest absolute Gasteiger partial charge is 0.139 e. The van der Waals surface area contributed by atoms with Gasteiger partial charge in [0.15, 0.2) is 0 Å². The van der Waals surface area contributed by atoms with Gasteiger partial charge < -0.3 is 5.32 Å². The van der Waals surface area contributed by atoms with Gasteiger partial charge in [-0.1, -0.05) is 91.8 Å². The summed E-state index contributed by atoms with van der Waals surface area (Å²) in [6.07, 6.45) is 2.60. The van der Waals surface area contributed by atoms with Crippen LogP contribution in [0.25, 0.3) is 0 Å². The standard InChI is InChI=1S/C20H27NSi/c1-20(2,3)22(19-15-10-16-21-19,17-11-6-4-7-12-17)18-13-8-5-9-14-18/h4-9,11-14,19,21H,10,15-16H2,1-3H3/t19-/m0/s1. The second-order valence-electron chi connectivity index (χ2n) is 7.44. The highest BCUT2D eigenvalue weighted by Gasteiger charge is 2.53. The monoisotopic (exact) mass is 309 g/mol. The van der Waals surface area contributed by atoms with Crippen molar-refractivity contribution < 1.29 is 0 Å². The largest absolute Gasteiger partial charge is 0.316 e. The first-order chi connectivity index (χ1) is 10.6. The third-order valence-corrected chi connectivity index (χ3v) is 11.6. The SMILES string of the molecule is CC(C)(C)[Si](c1ccccc1)(c1ccccc1)[C@H]1CCCN1. The van der Waals surface area contributed by atoms with Crippen molar-refractivity contribution in [1.29, 1.82) is 0 Å². The summed E-state index contributed by atoms with van der Waals surface area (Å²) in [4.78, 5) is 0. The van der Waals surface area contributed by atoms with E-state index in [2.05, 4.69) is 86.8 Å². The molecule has 2 aromatic rings. The summed E-state index contributed by atoms with van der Waals surface area (Å²) in [7, 11) is -1.93. The maximum absolute atomic E-state index is 3.86. The molecule has 1 aliphatic rings. The minimum Gasteiger partial charge on any atom is -0.316 e. The second-order valence-corrected chi connectivity index (χ2v) is 12.4. The average molecular weight is 310 g/mol. The Bertz CT molecular complexity index is 555. The lowest BCUT2D eigenvalue weighted by Gasteiger charge is -2.48. The molecule has 0 unspecified atom stereocenters. The first kappa shape index (κ1) is 15.5. The molecule has 116 valence electrons. The molecule has 1 N–H and O–H groups in total. The minimum atomic E-state index is -1.93. The van der Waals surface area contributed by atoms with Gasteiger partial charge >= 0.3 is 0 Å². The maximum atomic E-state index is 3.86. The quantitative estimate of drug-likeness (QED) is 0.858. The lowest BCUT2D eigenvalue weighted by atomic mass is 10.2. The van der Waals surface area contributed by atoms with Crippen molar-refractivity contribution in [3.8, 4) is 0 Å². The molecule has 0 aliphatic carbocycles. The van der Waals surface area contributed by atoms with Gasteiger partial charge in [0.25, 0.3) is 0 Å². The molecular formula is C20H27NSi. The van der Waals surface area contributed by atoms with E-state index in [1.165, 1.54) is 12.8 Å². The van der Waals surface area contributed by atoms with E-state index in [9.17, 15) is 0 Å². The predicted molar refractivity (Wildman–Crippen MR) is 98.6 cm³/mol. The Morgan fingerprint density at radius 2 is 1.36 bits per heavy atom. The predicted octanol–water partition coefficient (Wildman–Crippen LogP) is 3.34. The highest BCUT2D eigenvalue weighted by molar-refractivity contribution is 7.05. The zero-order chi connectivity index (χ0) is 15.6. The van der Waals surface area contributed by atoms with E-state index in [0.29, 0.717) is 5.67 Å². The molecule has 0 spiro atoms. The zero-order valence-electron chi connectivity index (χ0n) is 14.0. The van der Waals surface area contributed by atoms with Crippen molar-refractivity contribution in [2.75, 3.05) is 6.54 Å². The van der Waals surface area contributed by atoms with Gasteiger partial charge in [-0.05, 0) is 24.4 Å². The van der Waals surface area contributed by atoms with E-state index in [4.69, 9.17) is 0 Å². The van der Waals surface area contributed by atoms with Gasteiger partial charge in [-0.25, -0.2) is 0 Å². The Morgan fingerprint density at radius 1 is 0.864 bits per heavy atom. The highest BCUT2D eigenvalue weighted by atomic mass is 28.3. The topological polar surface area (TPSA) is 12.0 Å². The Labute approximate surface area is 135 Å².